The Kier molecular flexibility index (Phi) is 4.24. The second-order valence-electron chi connectivity index (χ2n) is 3.71. The van der Waals surface area contributed by atoms with Crippen LogP contribution in [0.4, 0.5) is 4.39 Å². The van der Waals surface area contributed by atoms with Crippen LogP contribution in [-0.2, 0) is 13.6 Å². The van der Waals surface area contributed by atoms with Crippen LogP contribution >= 0.6 is 0 Å². The van der Waals surface area contributed by atoms with Gasteiger partial charge in [-0.15, -0.1) is 0 Å². The zero-order chi connectivity index (χ0) is 10.8. The molecule has 0 N–H and O–H groups in total. The van der Waals surface area contributed by atoms with Crippen molar-refractivity contribution in [1.29, 1.82) is 0 Å². The van der Waals surface area contributed by atoms with Crippen LogP contribution in [0.5, 0.6) is 0 Å². The van der Waals surface area contributed by atoms with Gasteiger partial charge >= 0.3 is 0 Å². The summed E-state index contributed by atoms with van der Waals surface area (Å²) in [6, 6.07) is 6.62. The van der Waals surface area contributed by atoms with Gasteiger partial charge in [-0.25, -0.2) is 13.5 Å². The lowest BCUT2D eigenvalue weighted by Crippen LogP contribution is -3.00. The minimum absolute atomic E-state index is 0. The lowest BCUT2D eigenvalue weighted by atomic mass is 10.2. The molecule has 0 atom stereocenters. The van der Waals surface area contributed by atoms with Crippen LogP contribution in [0.1, 0.15) is 11.4 Å². The third-order valence-corrected chi connectivity index (χ3v) is 2.66. The van der Waals surface area contributed by atoms with Crippen molar-refractivity contribution in [2.45, 2.75) is 13.5 Å². The Labute approximate surface area is 105 Å². The maximum atomic E-state index is 12.7. The molecule has 1 heterocycles. The van der Waals surface area contributed by atoms with Crippen LogP contribution in [-0.4, -0.2) is 4.57 Å². The fraction of sp³-hybridized carbons (Fsp3) is 0.250. The second-order valence-corrected chi connectivity index (χ2v) is 3.71. The lowest BCUT2D eigenvalue weighted by molar-refractivity contribution is -0.677. The molecule has 86 valence electrons. The Morgan fingerprint density at radius 2 is 1.88 bits per heavy atom. The molecule has 0 aliphatic rings. The predicted molar refractivity (Wildman–Crippen MR) is 55.8 cm³/mol. The molecule has 0 radical (unpaired) electrons. The topological polar surface area (TPSA) is 8.81 Å². The molecule has 0 aliphatic carbocycles. The molecule has 0 saturated carbocycles. The van der Waals surface area contributed by atoms with E-state index in [1.807, 2.05) is 31.6 Å². The molecule has 0 fully saturated rings. The zero-order valence-electron chi connectivity index (χ0n) is 9.32. The molecule has 4 heteroatoms. The van der Waals surface area contributed by atoms with Gasteiger partial charge in [0.1, 0.15) is 24.8 Å². The zero-order valence-corrected chi connectivity index (χ0v) is 10.9. The van der Waals surface area contributed by atoms with Crippen molar-refractivity contribution < 1.29 is 25.9 Å². The first-order valence-electron chi connectivity index (χ1n) is 4.92. The number of benzene rings is 1. The monoisotopic (exact) mass is 284 g/mol. The van der Waals surface area contributed by atoms with Crippen LogP contribution < -0.4 is 21.5 Å². The molecule has 1 aromatic carbocycles. The Balaban J connectivity index is 0.00000128. The molecule has 0 amide bonds. The van der Waals surface area contributed by atoms with Crippen molar-refractivity contribution in [2.24, 2.45) is 7.05 Å². The maximum absolute atomic E-state index is 12.7. The third-order valence-electron chi connectivity index (χ3n) is 2.66. The van der Waals surface area contributed by atoms with Crippen molar-refractivity contribution >= 4 is 0 Å². The van der Waals surface area contributed by atoms with Crippen molar-refractivity contribution in [3.63, 3.8) is 0 Å². The van der Waals surface area contributed by atoms with Gasteiger partial charge in [0, 0.05) is 6.92 Å². The van der Waals surface area contributed by atoms with E-state index in [1.54, 1.807) is 0 Å². The molecular formula is C12H14BrFN2. The summed E-state index contributed by atoms with van der Waals surface area (Å²) in [6.07, 6.45) is 4.04. The van der Waals surface area contributed by atoms with E-state index >= 15 is 0 Å². The van der Waals surface area contributed by atoms with E-state index in [2.05, 4.69) is 16.1 Å². The van der Waals surface area contributed by atoms with Crippen LogP contribution in [0.2, 0.25) is 0 Å². The molecule has 0 unspecified atom stereocenters. The second kappa shape index (κ2) is 5.25. The number of hydrogen-bond donors (Lipinski definition) is 0. The number of rotatable bonds is 2. The quantitative estimate of drug-likeness (QED) is 0.614. The fourth-order valence-electron chi connectivity index (χ4n) is 1.55. The Morgan fingerprint density at radius 1 is 1.25 bits per heavy atom. The van der Waals surface area contributed by atoms with Gasteiger partial charge in [0.2, 0.25) is 0 Å². The normalized spacial score (nSPS) is 9.94. The summed E-state index contributed by atoms with van der Waals surface area (Å²) in [5.41, 5.74) is 1.11. The summed E-state index contributed by atoms with van der Waals surface area (Å²) in [5.74, 6) is 0.993. The first kappa shape index (κ1) is 12.9. The third kappa shape index (κ3) is 2.70. The largest absolute Gasteiger partial charge is 1.00 e. The number of imidazole rings is 1. The SMILES string of the molecule is Cc1n(Cc2ccc(F)cc2)cc[n+]1C.[Br-]. The smallest absolute Gasteiger partial charge is 0.253 e. The molecule has 2 rings (SSSR count). The number of nitrogens with zero attached hydrogens (tertiary/aromatic N) is 2. The van der Waals surface area contributed by atoms with Crippen LogP contribution in [0.15, 0.2) is 36.7 Å². The van der Waals surface area contributed by atoms with Gasteiger partial charge in [-0.1, -0.05) is 12.1 Å². The van der Waals surface area contributed by atoms with Crippen LogP contribution in [0, 0.1) is 12.7 Å². The van der Waals surface area contributed by atoms with E-state index in [-0.39, 0.29) is 22.8 Å². The summed E-state index contributed by atoms with van der Waals surface area (Å²) in [6.45, 7) is 2.84. The van der Waals surface area contributed by atoms with Gasteiger partial charge in [-0.05, 0) is 17.7 Å². The summed E-state index contributed by atoms with van der Waals surface area (Å²) in [7, 11) is 2.01. The molecule has 0 aliphatic heterocycles. The van der Waals surface area contributed by atoms with E-state index in [0.717, 1.165) is 12.1 Å². The molecule has 0 bridgehead atoms. The first-order valence-corrected chi connectivity index (χ1v) is 4.92. The standard InChI is InChI=1S/C12H14FN2.BrH/c1-10-14(2)7-8-15(10)9-11-3-5-12(13)6-4-11;/h3-8H,9H2,1-2H3;1H/q+1;/p-1. The minimum atomic E-state index is -0.187. The highest BCUT2D eigenvalue weighted by atomic mass is 79.9. The van der Waals surface area contributed by atoms with Gasteiger partial charge in [0.25, 0.3) is 5.82 Å². The summed E-state index contributed by atoms with van der Waals surface area (Å²) >= 11 is 0. The van der Waals surface area contributed by atoms with Gasteiger partial charge in [0.05, 0.1) is 7.05 Å². The van der Waals surface area contributed by atoms with Crippen molar-refractivity contribution in [3.05, 3.63) is 53.9 Å². The van der Waals surface area contributed by atoms with E-state index in [1.165, 1.54) is 18.0 Å². The van der Waals surface area contributed by atoms with E-state index in [9.17, 15) is 4.39 Å². The number of hydrogen-bond acceptors (Lipinski definition) is 0. The van der Waals surface area contributed by atoms with Crippen molar-refractivity contribution in [3.8, 4) is 0 Å². The number of halogens is 2. The highest BCUT2D eigenvalue weighted by Crippen LogP contribution is 2.05. The molecule has 16 heavy (non-hydrogen) atoms. The lowest BCUT2D eigenvalue weighted by Gasteiger charge is -1.99. The summed E-state index contributed by atoms with van der Waals surface area (Å²) in [5, 5.41) is 0. The molecule has 0 spiro atoms. The Hall–Kier alpha value is -1.16. The number of aryl methyl sites for hydroxylation is 1. The maximum Gasteiger partial charge on any atom is 0.253 e. The Bertz CT molecular complexity index is 462. The van der Waals surface area contributed by atoms with E-state index in [4.69, 9.17) is 0 Å². The van der Waals surface area contributed by atoms with E-state index < -0.39 is 0 Å². The first-order chi connectivity index (χ1) is 7.16. The average Bonchev–Trinajstić information content (AvgIpc) is 2.53. The highest BCUT2D eigenvalue weighted by molar-refractivity contribution is 5.16. The van der Waals surface area contributed by atoms with E-state index in [0.29, 0.717) is 0 Å². The van der Waals surface area contributed by atoms with Crippen LogP contribution in [0.3, 0.4) is 0 Å². The fourth-order valence-corrected chi connectivity index (χ4v) is 1.55. The minimum Gasteiger partial charge on any atom is -1.00 e. The van der Waals surface area contributed by atoms with Crippen molar-refractivity contribution in [1.82, 2.24) is 4.57 Å². The van der Waals surface area contributed by atoms with Gasteiger partial charge in [-0.2, -0.15) is 0 Å². The summed E-state index contributed by atoms with van der Waals surface area (Å²) in [4.78, 5) is 0. The van der Waals surface area contributed by atoms with Crippen LogP contribution in [0.25, 0.3) is 0 Å². The van der Waals surface area contributed by atoms with Crippen molar-refractivity contribution in [2.75, 3.05) is 0 Å². The molecule has 1 aromatic heterocycles. The number of aromatic nitrogens is 2. The Morgan fingerprint density at radius 3 is 2.38 bits per heavy atom. The van der Waals surface area contributed by atoms with Gasteiger partial charge < -0.3 is 17.0 Å². The molecular weight excluding hydrogens is 271 g/mol. The predicted octanol–water partition coefficient (Wildman–Crippen LogP) is -1.19. The molecule has 2 aromatic rings. The highest BCUT2D eigenvalue weighted by Gasteiger charge is 2.08. The van der Waals surface area contributed by atoms with Gasteiger partial charge in [-0.3, -0.25) is 0 Å². The van der Waals surface area contributed by atoms with Gasteiger partial charge in [0.15, 0.2) is 0 Å². The molecule has 2 nitrogen and oxygen atoms in total. The summed E-state index contributed by atoms with van der Waals surface area (Å²) < 4.78 is 16.9. The molecule has 0 saturated heterocycles. The average molecular weight is 285 g/mol.